The van der Waals surface area contributed by atoms with Crippen molar-refractivity contribution < 1.29 is 19.1 Å². The molecule has 5 nitrogen and oxygen atoms in total. The lowest BCUT2D eigenvalue weighted by Gasteiger charge is -2.10. The van der Waals surface area contributed by atoms with Crippen molar-refractivity contribution in [2.24, 2.45) is 0 Å². The third-order valence-electron chi connectivity index (χ3n) is 2.94. The molecule has 0 saturated carbocycles. The summed E-state index contributed by atoms with van der Waals surface area (Å²) in [4.78, 5) is 24.0. The van der Waals surface area contributed by atoms with E-state index in [2.05, 4.69) is 5.32 Å². The van der Waals surface area contributed by atoms with Gasteiger partial charge in [-0.2, -0.15) is 0 Å². The van der Waals surface area contributed by atoms with Crippen molar-refractivity contribution in [1.29, 1.82) is 0 Å². The number of nitrogens with one attached hydrogen (secondary N) is 1. The molecule has 24 heavy (non-hydrogen) atoms. The van der Waals surface area contributed by atoms with Gasteiger partial charge in [-0.1, -0.05) is 40.9 Å². The summed E-state index contributed by atoms with van der Waals surface area (Å²) in [5.74, 6) is -1.00. The van der Waals surface area contributed by atoms with Crippen molar-refractivity contribution in [3.8, 4) is 5.75 Å². The number of amides is 1. The summed E-state index contributed by atoms with van der Waals surface area (Å²) < 4.78 is 10.0. The number of halogens is 3. The number of hydrogen-bond donors (Lipinski definition) is 1. The topological polar surface area (TPSA) is 64.6 Å². The fourth-order valence-corrected chi connectivity index (χ4v) is 2.36. The van der Waals surface area contributed by atoms with Crippen LogP contribution in [0.4, 0.5) is 5.69 Å². The highest BCUT2D eigenvalue weighted by Crippen LogP contribution is 2.29. The molecule has 2 rings (SSSR count). The molecule has 0 radical (unpaired) electrons. The van der Waals surface area contributed by atoms with Crippen LogP contribution in [0.2, 0.25) is 15.1 Å². The van der Waals surface area contributed by atoms with Crippen LogP contribution in [0.1, 0.15) is 10.4 Å². The minimum atomic E-state index is -0.735. The minimum Gasteiger partial charge on any atom is -0.496 e. The van der Waals surface area contributed by atoms with Crippen LogP contribution in [0, 0.1) is 0 Å². The molecule has 126 valence electrons. The summed E-state index contributed by atoms with van der Waals surface area (Å²) >= 11 is 17.7. The standard InChI is InChI=1S/C16H12Cl3NO4/c1-23-13-6-5-9(17)7-10(13)16(22)24-8-14(21)20-12-4-2-3-11(18)15(12)19/h2-7H,8H2,1H3,(H,20,21). The van der Waals surface area contributed by atoms with Gasteiger partial charge < -0.3 is 14.8 Å². The average molecular weight is 389 g/mol. The molecule has 0 atom stereocenters. The van der Waals surface area contributed by atoms with E-state index in [9.17, 15) is 9.59 Å². The van der Waals surface area contributed by atoms with E-state index in [1.54, 1.807) is 24.3 Å². The lowest BCUT2D eigenvalue weighted by Crippen LogP contribution is -2.21. The predicted octanol–water partition coefficient (Wildman–Crippen LogP) is 4.45. The quantitative estimate of drug-likeness (QED) is 0.769. The highest BCUT2D eigenvalue weighted by atomic mass is 35.5. The maximum Gasteiger partial charge on any atom is 0.342 e. The van der Waals surface area contributed by atoms with E-state index in [0.29, 0.717) is 21.5 Å². The van der Waals surface area contributed by atoms with Gasteiger partial charge in [0.25, 0.3) is 5.91 Å². The number of methoxy groups -OCH3 is 1. The molecule has 1 N–H and O–H groups in total. The molecule has 0 spiro atoms. The SMILES string of the molecule is COc1ccc(Cl)cc1C(=O)OCC(=O)Nc1cccc(Cl)c1Cl. The van der Waals surface area contributed by atoms with Crippen LogP contribution in [-0.2, 0) is 9.53 Å². The van der Waals surface area contributed by atoms with Crippen molar-refractivity contribution in [1.82, 2.24) is 0 Å². The van der Waals surface area contributed by atoms with Crippen LogP contribution in [0.25, 0.3) is 0 Å². The normalized spacial score (nSPS) is 10.2. The molecular formula is C16H12Cl3NO4. The van der Waals surface area contributed by atoms with E-state index in [1.165, 1.54) is 19.2 Å². The Kier molecular flexibility index (Phi) is 6.31. The molecule has 2 aromatic rings. The van der Waals surface area contributed by atoms with Gasteiger partial charge in [-0.3, -0.25) is 4.79 Å². The number of esters is 1. The lowest BCUT2D eigenvalue weighted by atomic mass is 10.2. The number of ether oxygens (including phenoxy) is 2. The van der Waals surface area contributed by atoms with E-state index >= 15 is 0 Å². The van der Waals surface area contributed by atoms with Crippen LogP contribution in [0.3, 0.4) is 0 Å². The summed E-state index contributed by atoms with van der Waals surface area (Å²) in [5, 5.41) is 3.36. The highest BCUT2D eigenvalue weighted by molar-refractivity contribution is 6.44. The number of carbonyl (C=O) groups excluding carboxylic acids is 2. The molecule has 0 aliphatic carbocycles. The van der Waals surface area contributed by atoms with Gasteiger partial charge in [0, 0.05) is 5.02 Å². The van der Waals surface area contributed by atoms with Crippen LogP contribution >= 0.6 is 34.8 Å². The maximum absolute atomic E-state index is 12.1. The monoisotopic (exact) mass is 387 g/mol. The smallest absolute Gasteiger partial charge is 0.342 e. The summed E-state index contributed by atoms with van der Waals surface area (Å²) in [6, 6.07) is 9.30. The molecule has 0 unspecified atom stereocenters. The van der Waals surface area contributed by atoms with Crippen LogP contribution < -0.4 is 10.1 Å². The molecule has 8 heteroatoms. The Labute approximate surface area is 153 Å². The lowest BCUT2D eigenvalue weighted by molar-refractivity contribution is -0.119. The van der Waals surface area contributed by atoms with Crippen molar-refractivity contribution in [2.75, 3.05) is 19.0 Å². The summed E-state index contributed by atoms with van der Waals surface area (Å²) in [6.45, 7) is -0.503. The Hall–Kier alpha value is -1.95. The van der Waals surface area contributed by atoms with Crippen LogP contribution in [0.5, 0.6) is 5.75 Å². The van der Waals surface area contributed by atoms with E-state index in [0.717, 1.165) is 0 Å². The highest BCUT2D eigenvalue weighted by Gasteiger charge is 2.16. The third-order valence-corrected chi connectivity index (χ3v) is 4.00. The molecule has 0 saturated heterocycles. The molecule has 0 aromatic heterocycles. The van der Waals surface area contributed by atoms with E-state index in [4.69, 9.17) is 44.3 Å². The van der Waals surface area contributed by atoms with Crippen molar-refractivity contribution in [3.63, 3.8) is 0 Å². The molecule has 0 aliphatic heterocycles. The van der Waals surface area contributed by atoms with Gasteiger partial charge in [-0.05, 0) is 30.3 Å². The van der Waals surface area contributed by atoms with Crippen molar-refractivity contribution >= 4 is 52.4 Å². The Morgan fingerprint density at radius 1 is 1.12 bits per heavy atom. The van der Waals surface area contributed by atoms with Gasteiger partial charge in [0.1, 0.15) is 11.3 Å². The third kappa shape index (κ3) is 4.54. The van der Waals surface area contributed by atoms with E-state index in [-0.39, 0.29) is 10.6 Å². The number of rotatable bonds is 5. The largest absolute Gasteiger partial charge is 0.496 e. The maximum atomic E-state index is 12.1. The fourth-order valence-electron chi connectivity index (χ4n) is 1.84. The van der Waals surface area contributed by atoms with Gasteiger partial charge >= 0.3 is 5.97 Å². The zero-order valence-electron chi connectivity index (χ0n) is 12.4. The van der Waals surface area contributed by atoms with Crippen molar-refractivity contribution in [2.45, 2.75) is 0 Å². The second-order valence-corrected chi connectivity index (χ2v) is 5.79. The predicted molar refractivity (Wildman–Crippen MR) is 93.4 cm³/mol. The number of anilines is 1. The average Bonchev–Trinajstić information content (AvgIpc) is 2.56. The Morgan fingerprint density at radius 2 is 1.88 bits per heavy atom. The number of hydrogen-bond acceptors (Lipinski definition) is 4. The first kappa shape index (κ1) is 18.4. The van der Waals surface area contributed by atoms with Gasteiger partial charge in [0.15, 0.2) is 6.61 Å². The first-order chi connectivity index (χ1) is 11.4. The van der Waals surface area contributed by atoms with Gasteiger partial charge in [0.05, 0.1) is 22.8 Å². The molecule has 0 fully saturated rings. The van der Waals surface area contributed by atoms with Gasteiger partial charge in [-0.25, -0.2) is 4.79 Å². The van der Waals surface area contributed by atoms with Gasteiger partial charge in [-0.15, -0.1) is 0 Å². The molecule has 0 aliphatic rings. The number of carbonyl (C=O) groups is 2. The fraction of sp³-hybridized carbons (Fsp3) is 0.125. The van der Waals surface area contributed by atoms with E-state index in [1.807, 2.05) is 0 Å². The minimum absolute atomic E-state index is 0.124. The Balaban J connectivity index is 2.00. The molecule has 1 amide bonds. The first-order valence-electron chi connectivity index (χ1n) is 6.67. The second-order valence-electron chi connectivity index (χ2n) is 4.57. The van der Waals surface area contributed by atoms with Crippen LogP contribution in [0.15, 0.2) is 36.4 Å². The Bertz CT molecular complexity index is 780. The molecule has 2 aromatic carbocycles. The van der Waals surface area contributed by atoms with Gasteiger partial charge in [0.2, 0.25) is 0 Å². The summed E-state index contributed by atoms with van der Waals surface area (Å²) in [6.07, 6.45) is 0. The second kappa shape index (κ2) is 8.24. The first-order valence-corrected chi connectivity index (χ1v) is 7.80. The zero-order valence-corrected chi connectivity index (χ0v) is 14.7. The molecular weight excluding hydrogens is 377 g/mol. The number of benzene rings is 2. The zero-order chi connectivity index (χ0) is 17.7. The Morgan fingerprint density at radius 3 is 2.58 bits per heavy atom. The molecule has 0 heterocycles. The molecule has 0 bridgehead atoms. The van der Waals surface area contributed by atoms with Crippen molar-refractivity contribution in [3.05, 3.63) is 57.0 Å². The summed E-state index contributed by atoms with van der Waals surface area (Å²) in [7, 11) is 1.41. The van der Waals surface area contributed by atoms with E-state index < -0.39 is 18.5 Å². The van der Waals surface area contributed by atoms with Crippen LogP contribution in [-0.4, -0.2) is 25.6 Å². The summed E-state index contributed by atoms with van der Waals surface area (Å²) in [5.41, 5.74) is 0.448.